The van der Waals surface area contributed by atoms with Crippen molar-refractivity contribution in [1.82, 2.24) is 9.97 Å². The largest absolute Gasteiger partial charge is 0.489 e. The number of ether oxygens (including phenoxy) is 1. The molecule has 2 aromatic carbocycles. The Hall–Kier alpha value is -2.88. The van der Waals surface area contributed by atoms with Crippen LogP contribution in [-0.4, -0.2) is 9.97 Å². The quantitative estimate of drug-likeness (QED) is 0.798. The lowest BCUT2D eigenvalue weighted by Crippen LogP contribution is -2.09. The molecule has 0 unspecified atom stereocenters. The van der Waals surface area contributed by atoms with Gasteiger partial charge in [0.05, 0.1) is 0 Å². The number of rotatable bonds is 4. The fraction of sp³-hybridized carbons (Fsp3) is 0.0588. The molecule has 0 saturated carbocycles. The molecule has 3 aromatic rings. The third-order valence-corrected chi connectivity index (χ3v) is 3.08. The third-order valence-electron chi connectivity index (χ3n) is 3.08. The van der Waals surface area contributed by atoms with Gasteiger partial charge in [0.2, 0.25) is 0 Å². The standard InChI is InChI=1S/C17H14N2O2/c20-17-16(18-10-11-19-17)14-6-8-15(9-7-14)21-12-13-4-2-1-3-5-13/h1-11H,12H2,(H,19,20). The lowest BCUT2D eigenvalue weighted by Gasteiger charge is -2.07. The van der Waals surface area contributed by atoms with Gasteiger partial charge in [0.1, 0.15) is 18.1 Å². The van der Waals surface area contributed by atoms with Crippen molar-refractivity contribution in [2.75, 3.05) is 0 Å². The van der Waals surface area contributed by atoms with Gasteiger partial charge in [-0.15, -0.1) is 0 Å². The van der Waals surface area contributed by atoms with Crippen LogP contribution in [0.4, 0.5) is 0 Å². The van der Waals surface area contributed by atoms with Gasteiger partial charge in [-0.2, -0.15) is 0 Å². The van der Waals surface area contributed by atoms with Crippen molar-refractivity contribution < 1.29 is 4.74 Å². The average Bonchev–Trinajstić information content (AvgIpc) is 2.55. The van der Waals surface area contributed by atoms with Gasteiger partial charge in [0.15, 0.2) is 0 Å². The third kappa shape index (κ3) is 3.17. The van der Waals surface area contributed by atoms with Crippen LogP contribution < -0.4 is 10.3 Å². The van der Waals surface area contributed by atoms with Gasteiger partial charge in [-0.05, 0) is 29.8 Å². The van der Waals surface area contributed by atoms with Crippen molar-refractivity contribution in [2.24, 2.45) is 0 Å². The molecule has 1 heterocycles. The molecule has 3 rings (SSSR count). The van der Waals surface area contributed by atoms with Gasteiger partial charge in [0, 0.05) is 18.0 Å². The van der Waals surface area contributed by atoms with Crippen LogP contribution in [0.3, 0.4) is 0 Å². The normalized spacial score (nSPS) is 10.3. The molecule has 0 fully saturated rings. The van der Waals surface area contributed by atoms with E-state index in [0.29, 0.717) is 12.3 Å². The summed E-state index contributed by atoms with van der Waals surface area (Å²) in [6.07, 6.45) is 3.08. The predicted octanol–water partition coefficient (Wildman–Crippen LogP) is 3.02. The summed E-state index contributed by atoms with van der Waals surface area (Å²) in [6.45, 7) is 0.518. The molecule has 4 nitrogen and oxygen atoms in total. The minimum absolute atomic E-state index is 0.199. The Morgan fingerprint density at radius 1 is 1.00 bits per heavy atom. The zero-order valence-electron chi connectivity index (χ0n) is 11.3. The highest BCUT2D eigenvalue weighted by Crippen LogP contribution is 2.19. The highest BCUT2D eigenvalue weighted by atomic mass is 16.5. The number of hydrogen-bond donors (Lipinski definition) is 1. The van der Waals surface area contributed by atoms with E-state index in [2.05, 4.69) is 9.97 Å². The molecular formula is C17H14N2O2. The Bertz CT molecular complexity index is 765. The molecule has 0 amide bonds. The minimum Gasteiger partial charge on any atom is -0.489 e. The van der Waals surface area contributed by atoms with Crippen LogP contribution in [0.15, 0.2) is 71.8 Å². The van der Waals surface area contributed by atoms with Crippen LogP contribution >= 0.6 is 0 Å². The zero-order valence-corrected chi connectivity index (χ0v) is 11.3. The summed E-state index contributed by atoms with van der Waals surface area (Å²) in [4.78, 5) is 18.4. The molecule has 4 heteroatoms. The smallest absolute Gasteiger partial charge is 0.274 e. The number of H-pyrrole nitrogens is 1. The van der Waals surface area contributed by atoms with Crippen LogP contribution in [0.5, 0.6) is 5.75 Å². The second kappa shape index (κ2) is 6.05. The monoisotopic (exact) mass is 278 g/mol. The second-order valence-corrected chi connectivity index (χ2v) is 4.57. The van der Waals surface area contributed by atoms with Crippen molar-refractivity contribution in [3.63, 3.8) is 0 Å². The van der Waals surface area contributed by atoms with E-state index in [1.807, 2.05) is 54.6 Å². The first-order valence-corrected chi connectivity index (χ1v) is 6.64. The number of nitrogens with zero attached hydrogens (tertiary/aromatic N) is 1. The summed E-state index contributed by atoms with van der Waals surface area (Å²) in [6, 6.07) is 17.3. The van der Waals surface area contributed by atoms with Gasteiger partial charge >= 0.3 is 0 Å². The number of aromatic nitrogens is 2. The number of hydrogen-bond acceptors (Lipinski definition) is 3. The predicted molar refractivity (Wildman–Crippen MR) is 81.1 cm³/mol. The van der Waals surface area contributed by atoms with Crippen molar-refractivity contribution in [3.05, 3.63) is 82.9 Å². The van der Waals surface area contributed by atoms with Gasteiger partial charge < -0.3 is 9.72 Å². The summed E-state index contributed by atoms with van der Waals surface area (Å²) >= 11 is 0. The number of aromatic amines is 1. The molecule has 21 heavy (non-hydrogen) atoms. The lowest BCUT2D eigenvalue weighted by atomic mass is 10.1. The van der Waals surface area contributed by atoms with E-state index in [9.17, 15) is 4.79 Å². The summed E-state index contributed by atoms with van der Waals surface area (Å²) in [7, 11) is 0. The Labute approximate surface area is 122 Å². The molecule has 0 bridgehead atoms. The van der Waals surface area contributed by atoms with Gasteiger partial charge in [-0.3, -0.25) is 4.79 Å². The first kappa shape index (κ1) is 13.1. The van der Waals surface area contributed by atoms with Crippen molar-refractivity contribution >= 4 is 0 Å². The summed E-state index contributed by atoms with van der Waals surface area (Å²) in [5.41, 5.74) is 2.09. The fourth-order valence-corrected chi connectivity index (χ4v) is 2.01. The maximum atomic E-state index is 11.7. The van der Waals surface area contributed by atoms with Crippen molar-refractivity contribution in [2.45, 2.75) is 6.61 Å². The molecule has 0 aliphatic rings. The second-order valence-electron chi connectivity index (χ2n) is 4.57. The SMILES string of the molecule is O=c1[nH]ccnc1-c1ccc(OCc2ccccc2)cc1. The first-order valence-electron chi connectivity index (χ1n) is 6.64. The van der Waals surface area contributed by atoms with E-state index in [-0.39, 0.29) is 5.56 Å². The molecule has 0 spiro atoms. The average molecular weight is 278 g/mol. The zero-order chi connectivity index (χ0) is 14.5. The Balaban J connectivity index is 1.73. The van der Waals surface area contributed by atoms with Crippen LogP contribution in [0, 0.1) is 0 Å². The molecule has 0 aliphatic carbocycles. The fourth-order valence-electron chi connectivity index (χ4n) is 2.01. The van der Waals surface area contributed by atoms with E-state index < -0.39 is 0 Å². The summed E-state index contributed by atoms with van der Waals surface area (Å²) in [5, 5.41) is 0. The topological polar surface area (TPSA) is 55.0 Å². The lowest BCUT2D eigenvalue weighted by molar-refractivity contribution is 0.306. The molecular weight excluding hydrogens is 264 g/mol. The first-order chi connectivity index (χ1) is 10.3. The Morgan fingerprint density at radius 3 is 2.48 bits per heavy atom. The molecule has 0 atom stereocenters. The van der Waals surface area contributed by atoms with Crippen LogP contribution in [-0.2, 0) is 6.61 Å². The molecule has 1 aromatic heterocycles. The summed E-state index contributed by atoms with van der Waals surface area (Å²) < 4.78 is 5.71. The van der Waals surface area contributed by atoms with E-state index >= 15 is 0 Å². The number of nitrogens with one attached hydrogen (secondary N) is 1. The van der Waals surface area contributed by atoms with Crippen LogP contribution in [0.2, 0.25) is 0 Å². The Kier molecular flexibility index (Phi) is 3.78. The molecule has 0 radical (unpaired) electrons. The van der Waals surface area contributed by atoms with Gasteiger partial charge in [-0.1, -0.05) is 30.3 Å². The highest BCUT2D eigenvalue weighted by Gasteiger charge is 2.04. The highest BCUT2D eigenvalue weighted by molar-refractivity contribution is 5.58. The van der Waals surface area contributed by atoms with Crippen LogP contribution in [0.1, 0.15) is 5.56 Å². The number of benzene rings is 2. The maximum Gasteiger partial charge on any atom is 0.274 e. The van der Waals surface area contributed by atoms with Gasteiger partial charge in [-0.25, -0.2) is 4.98 Å². The van der Waals surface area contributed by atoms with Gasteiger partial charge in [0.25, 0.3) is 5.56 Å². The van der Waals surface area contributed by atoms with E-state index in [1.165, 1.54) is 6.20 Å². The molecule has 1 N–H and O–H groups in total. The molecule has 0 saturated heterocycles. The molecule has 0 aliphatic heterocycles. The Morgan fingerprint density at radius 2 is 1.76 bits per heavy atom. The van der Waals surface area contributed by atoms with E-state index in [0.717, 1.165) is 16.9 Å². The van der Waals surface area contributed by atoms with E-state index in [4.69, 9.17) is 4.74 Å². The maximum absolute atomic E-state index is 11.7. The minimum atomic E-state index is -0.199. The van der Waals surface area contributed by atoms with Crippen molar-refractivity contribution in [3.8, 4) is 17.0 Å². The summed E-state index contributed by atoms with van der Waals surface area (Å²) in [5.74, 6) is 0.759. The molecule has 104 valence electrons. The van der Waals surface area contributed by atoms with E-state index in [1.54, 1.807) is 6.20 Å². The van der Waals surface area contributed by atoms with Crippen LogP contribution in [0.25, 0.3) is 11.3 Å². The van der Waals surface area contributed by atoms with Crippen molar-refractivity contribution in [1.29, 1.82) is 0 Å².